The van der Waals surface area contributed by atoms with Gasteiger partial charge in [-0.2, -0.15) is 22.7 Å². The topological polar surface area (TPSA) is 96.0 Å². The van der Waals surface area contributed by atoms with Gasteiger partial charge in [0, 0.05) is 40.7 Å². The molecule has 0 fully saturated rings. The number of aliphatic hydroxyl groups is 1. The number of aromatic amines is 1. The summed E-state index contributed by atoms with van der Waals surface area (Å²) >= 11 is 6.29. The first-order chi connectivity index (χ1) is 18.0. The van der Waals surface area contributed by atoms with Crippen molar-refractivity contribution in [2.75, 3.05) is 0 Å². The van der Waals surface area contributed by atoms with E-state index in [0.717, 1.165) is 22.2 Å². The first kappa shape index (κ1) is 26.9. The lowest BCUT2D eigenvalue weighted by Gasteiger charge is -2.15. The molecular weight excluding hydrogens is 526 g/mol. The molecule has 0 spiro atoms. The van der Waals surface area contributed by atoms with Crippen LogP contribution >= 0.6 is 11.6 Å². The maximum absolute atomic E-state index is 13.1. The molecule has 0 bridgehead atoms. The number of alkyl halides is 3. The molecule has 4 aromatic rings. The summed E-state index contributed by atoms with van der Waals surface area (Å²) in [6.07, 6.45) is -1.26. The average Bonchev–Trinajstić information content (AvgIpc) is 3.27. The van der Waals surface area contributed by atoms with Crippen LogP contribution in [0.15, 0.2) is 66.6 Å². The summed E-state index contributed by atoms with van der Waals surface area (Å²) in [5.41, 5.74) is 3.32. The Kier molecular flexibility index (Phi) is 7.86. The van der Waals surface area contributed by atoms with Gasteiger partial charge in [0.15, 0.2) is 0 Å². The predicted octanol–water partition coefficient (Wildman–Crippen LogP) is 6.77. The molecule has 0 saturated heterocycles. The van der Waals surface area contributed by atoms with Gasteiger partial charge in [0.25, 0.3) is 6.01 Å². The Hall–Kier alpha value is -4.12. The first-order valence-corrected chi connectivity index (χ1v) is 11.6. The van der Waals surface area contributed by atoms with Crippen molar-refractivity contribution in [2.24, 2.45) is 0 Å². The fourth-order valence-corrected chi connectivity index (χ4v) is 4.06. The van der Waals surface area contributed by atoms with E-state index in [1.165, 1.54) is 12.4 Å². The van der Waals surface area contributed by atoms with Crippen molar-refractivity contribution in [2.45, 2.75) is 33.2 Å². The molecule has 0 radical (unpaired) electrons. The lowest BCUT2D eigenvalue weighted by Crippen LogP contribution is -2.17. The van der Waals surface area contributed by atoms with Crippen molar-refractivity contribution in [3.05, 3.63) is 94.1 Å². The second kappa shape index (κ2) is 11.1. The highest BCUT2D eigenvalue weighted by Gasteiger charge is 2.32. The van der Waals surface area contributed by atoms with Crippen LogP contribution in [0.3, 0.4) is 0 Å². The monoisotopic (exact) mass is 547 g/mol. The van der Waals surface area contributed by atoms with Crippen LogP contribution in [0.2, 0.25) is 5.02 Å². The standard InChI is InChI=1S/C26H22ClF4N5O2/c1-14-6-7-33-21(12-32-10-16(9-23(28)37)26(29,30)31)19(14)13-38-22-5-3-4-17-18(8-15(2)35-25(17)22)24-20(27)11-34-36-24/h3-11,32,37H,12-13H2,1-2H3,(H,34,36)/b16-10+,23-9-. The molecule has 198 valence electrons. The highest BCUT2D eigenvalue weighted by atomic mass is 35.5. The molecule has 0 atom stereocenters. The molecule has 0 aliphatic rings. The number of aryl methyl sites for hydroxylation is 2. The van der Waals surface area contributed by atoms with Crippen LogP contribution in [0.25, 0.3) is 22.2 Å². The van der Waals surface area contributed by atoms with Crippen molar-refractivity contribution in [1.82, 2.24) is 25.5 Å². The lowest BCUT2D eigenvalue weighted by atomic mass is 10.0. The number of hydrogen-bond acceptors (Lipinski definition) is 6. The fraction of sp³-hybridized carbons (Fsp3) is 0.192. The number of para-hydroxylation sites is 1. The summed E-state index contributed by atoms with van der Waals surface area (Å²) in [5.74, 6) is 0.494. The number of aliphatic hydroxyl groups excluding tert-OH is 1. The second-order valence-electron chi connectivity index (χ2n) is 8.34. The number of nitrogens with zero attached hydrogens (tertiary/aromatic N) is 3. The Morgan fingerprint density at radius 2 is 2.03 bits per heavy atom. The molecule has 0 saturated carbocycles. The van der Waals surface area contributed by atoms with Crippen LogP contribution < -0.4 is 10.1 Å². The van der Waals surface area contributed by atoms with Crippen molar-refractivity contribution in [3.8, 4) is 17.0 Å². The quantitative estimate of drug-likeness (QED) is 0.128. The number of aromatic nitrogens is 4. The molecule has 0 amide bonds. The number of hydrogen-bond donors (Lipinski definition) is 3. The van der Waals surface area contributed by atoms with Crippen LogP contribution in [-0.4, -0.2) is 31.4 Å². The van der Waals surface area contributed by atoms with Gasteiger partial charge in [-0.3, -0.25) is 10.1 Å². The van der Waals surface area contributed by atoms with Gasteiger partial charge in [-0.25, -0.2) is 4.98 Å². The van der Waals surface area contributed by atoms with E-state index in [2.05, 4.69) is 25.5 Å². The molecule has 0 aliphatic carbocycles. The summed E-state index contributed by atoms with van der Waals surface area (Å²) in [6.45, 7) is 3.64. The molecular formula is C26H22ClF4N5O2. The number of nitrogens with one attached hydrogen (secondary N) is 2. The van der Waals surface area contributed by atoms with E-state index < -0.39 is 17.8 Å². The Balaban J connectivity index is 1.61. The number of rotatable bonds is 8. The maximum atomic E-state index is 13.1. The third-order valence-electron chi connectivity index (χ3n) is 5.67. The summed E-state index contributed by atoms with van der Waals surface area (Å²) in [6, 6.07) is 7.17. The summed E-state index contributed by atoms with van der Waals surface area (Å²) < 4.78 is 58.0. The molecule has 38 heavy (non-hydrogen) atoms. The van der Waals surface area contributed by atoms with E-state index in [1.807, 2.05) is 32.0 Å². The van der Waals surface area contributed by atoms with Crippen molar-refractivity contribution in [1.29, 1.82) is 0 Å². The molecule has 7 nitrogen and oxygen atoms in total. The maximum Gasteiger partial charge on any atom is 0.418 e. The van der Waals surface area contributed by atoms with Crippen LogP contribution in [0, 0.1) is 13.8 Å². The van der Waals surface area contributed by atoms with E-state index in [9.17, 15) is 17.6 Å². The van der Waals surface area contributed by atoms with E-state index in [0.29, 0.717) is 39.4 Å². The Morgan fingerprint density at radius 3 is 2.71 bits per heavy atom. The highest BCUT2D eigenvalue weighted by molar-refractivity contribution is 6.33. The lowest BCUT2D eigenvalue weighted by molar-refractivity contribution is -0.0890. The van der Waals surface area contributed by atoms with Gasteiger partial charge in [0.1, 0.15) is 17.9 Å². The number of fused-ring (bicyclic) bond motifs is 1. The van der Waals surface area contributed by atoms with Gasteiger partial charge >= 0.3 is 6.18 Å². The number of benzene rings is 1. The van der Waals surface area contributed by atoms with Crippen molar-refractivity contribution < 1.29 is 27.4 Å². The molecule has 3 heterocycles. The molecule has 0 unspecified atom stereocenters. The zero-order chi connectivity index (χ0) is 27.4. The van der Waals surface area contributed by atoms with Crippen molar-refractivity contribution in [3.63, 3.8) is 0 Å². The van der Waals surface area contributed by atoms with E-state index in [1.54, 1.807) is 12.1 Å². The zero-order valence-corrected chi connectivity index (χ0v) is 21.0. The average molecular weight is 548 g/mol. The Bertz CT molecular complexity index is 1530. The van der Waals surface area contributed by atoms with Gasteiger partial charge < -0.3 is 15.2 Å². The highest BCUT2D eigenvalue weighted by Crippen LogP contribution is 2.35. The molecule has 12 heteroatoms. The Morgan fingerprint density at radius 1 is 1.24 bits per heavy atom. The minimum absolute atomic E-state index is 0.0130. The normalized spacial score (nSPS) is 12.7. The van der Waals surface area contributed by atoms with E-state index in [-0.39, 0.29) is 19.2 Å². The molecule has 0 aliphatic heterocycles. The SMILES string of the molecule is Cc1cc(-c2[nH]ncc2Cl)c2cccc(OCc3c(C)ccnc3CN/C=C(\C=C(/O)F)C(F)(F)F)c2n1. The van der Waals surface area contributed by atoms with E-state index >= 15 is 0 Å². The summed E-state index contributed by atoms with van der Waals surface area (Å²) in [5, 5.41) is 19.3. The van der Waals surface area contributed by atoms with Crippen molar-refractivity contribution >= 4 is 22.5 Å². The van der Waals surface area contributed by atoms with Crippen LogP contribution in [0.5, 0.6) is 5.75 Å². The number of allylic oxidation sites excluding steroid dienone is 2. The smallest absolute Gasteiger partial charge is 0.418 e. The van der Waals surface area contributed by atoms with Gasteiger partial charge in [-0.05, 0) is 37.6 Å². The molecule has 4 rings (SSSR count). The largest absolute Gasteiger partial charge is 0.487 e. The number of pyridine rings is 2. The van der Waals surface area contributed by atoms with Gasteiger partial charge in [0.05, 0.1) is 34.7 Å². The minimum atomic E-state index is -4.86. The first-order valence-electron chi connectivity index (χ1n) is 11.3. The minimum Gasteiger partial charge on any atom is -0.487 e. The van der Waals surface area contributed by atoms with E-state index in [4.69, 9.17) is 21.4 Å². The predicted molar refractivity (Wildman–Crippen MR) is 135 cm³/mol. The summed E-state index contributed by atoms with van der Waals surface area (Å²) in [4.78, 5) is 8.92. The molecule has 1 aromatic carbocycles. The van der Waals surface area contributed by atoms with Crippen LogP contribution in [-0.2, 0) is 13.2 Å². The third kappa shape index (κ3) is 6.05. The number of H-pyrrole nitrogens is 1. The molecule has 3 aromatic heterocycles. The van der Waals surface area contributed by atoms with Gasteiger partial charge in [-0.1, -0.05) is 23.7 Å². The third-order valence-corrected chi connectivity index (χ3v) is 5.96. The second-order valence-corrected chi connectivity index (χ2v) is 8.75. The van der Waals surface area contributed by atoms with Gasteiger partial charge in [0.2, 0.25) is 0 Å². The Labute approximate surface area is 219 Å². The summed E-state index contributed by atoms with van der Waals surface area (Å²) in [7, 11) is 0. The van der Waals surface area contributed by atoms with Gasteiger partial charge in [-0.15, -0.1) is 0 Å². The molecule has 3 N–H and O–H groups in total. The van der Waals surface area contributed by atoms with Crippen LogP contribution in [0.4, 0.5) is 17.6 Å². The number of halogens is 5. The zero-order valence-electron chi connectivity index (χ0n) is 20.2. The van der Waals surface area contributed by atoms with Crippen LogP contribution in [0.1, 0.15) is 22.5 Å². The fourth-order valence-electron chi connectivity index (χ4n) is 3.87. The number of ether oxygens (including phenoxy) is 1.